The molecule has 2 heterocycles. The molecule has 2 aromatic carbocycles. The lowest BCUT2D eigenvalue weighted by atomic mass is 9.95. The van der Waals surface area contributed by atoms with Crippen molar-refractivity contribution in [3.8, 4) is 11.5 Å². The largest absolute Gasteiger partial charge is 0.573 e. The van der Waals surface area contributed by atoms with Gasteiger partial charge in [-0.1, -0.05) is 6.07 Å². The first kappa shape index (κ1) is 23.4. The Morgan fingerprint density at radius 2 is 1.88 bits per heavy atom. The van der Waals surface area contributed by atoms with Gasteiger partial charge >= 0.3 is 12.3 Å². The molecule has 7 nitrogen and oxygen atoms in total. The molecule has 34 heavy (non-hydrogen) atoms. The molecular formula is C21H13F5N2O5S. The Balaban J connectivity index is 1.93. The van der Waals surface area contributed by atoms with Crippen LogP contribution in [0.1, 0.15) is 33.2 Å². The fourth-order valence-electron chi connectivity index (χ4n) is 3.54. The molecule has 0 saturated carbocycles. The number of halogens is 5. The van der Waals surface area contributed by atoms with Gasteiger partial charge in [-0.3, -0.25) is 9.47 Å². The minimum Gasteiger partial charge on any atom is -0.502 e. The number of carboxylic acid groups (broad SMARTS) is 1. The molecule has 178 valence electrons. The molecule has 0 bridgehead atoms. The Kier molecular flexibility index (Phi) is 5.89. The van der Waals surface area contributed by atoms with Crippen LogP contribution >= 0.6 is 11.8 Å². The molecular weight excluding hydrogens is 487 g/mol. The number of aromatic carboxylic acids is 1. The van der Waals surface area contributed by atoms with Crippen LogP contribution < -0.4 is 15.6 Å². The highest BCUT2D eigenvalue weighted by Gasteiger charge is 2.33. The second kappa shape index (κ2) is 8.56. The van der Waals surface area contributed by atoms with Gasteiger partial charge in [0.1, 0.15) is 5.75 Å². The van der Waals surface area contributed by atoms with Crippen molar-refractivity contribution in [2.45, 2.75) is 23.1 Å². The van der Waals surface area contributed by atoms with Crippen LogP contribution in [0, 0.1) is 11.6 Å². The van der Waals surface area contributed by atoms with Crippen LogP contribution in [0.15, 0.2) is 52.3 Å². The highest BCUT2D eigenvalue weighted by atomic mass is 32.2. The topological polar surface area (TPSA) is 101 Å². The minimum atomic E-state index is -5.00. The van der Waals surface area contributed by atoms with E-state index in [0.29, 0.717) is 4.90 Å². The average Bonchev–Trinajstić information content (AvgIpc) is 2.89. The van der Waals surface area contributed by atoms with Crippen LogP contribution in [0.5, 0.6) is 11.5 Å². The van der Waals surface area contributed by atoms with Crippen LogP contribution in [0.25, 0.3) is 0 Å². The normalized spacial score (nSPS) is 15.1. The fourth-order valence-corrected chi connectivity index (χ4v) is 4.64. The van der Waals surface area contributed by atoms with Gasteiger partial charge in [0.25, 0.3) is 0 Å². The number of rotatable bonds is 4. The highest BCUT2D eigenvalue weighted by molar-refractivity contribution is 7.98. The van der Waals surface area contributed by atoms with Crippen molar-refractivity contribution >= 4 is 17.7 Å². The molecule has 1 unspecified atom stereocenters. The number of fused-ring (bicyclic) bond motifs is 2. The minimum absolute atomic E-state index is 0.0786. The number of thioether (sulfide) groups is 1. The van der Waals surface area contributed by atoms with Gasteiger partial charge in [0.15, 0.2) is 23.1 Å². The third-order valence-electron chi connectivity index (χ3n) is 4.99. The molecule has 13 heteroatoms. The monoisotopic (exact) mass is 500 g/mol. The van der Waals surface area contributed by atoms with Gasteiger partial charge in [0.05, 0.1) is 6.04 Å². The number of nitrogens with one attached hydrogen (secondary N) is 1. The number of ether oxygens (including phenoxy) is 1. The summed E-state index contributed by atoms with van der Waals surface area (Å²) in [4.78, 5) is 23.8. The SMILES string of the molecule is O=C(O)c1c(O)c(=O)ccn1NC1c2cc(OC(F)(F)F)ccc2SCc2c1ccc(F)c2F. The van der Waals surface area contributed by atoms with E-state index in [1.807, 2.05) is 0 Å². The van der Waals surface area contributed by atoms with Gasteiger partial charge in [-0.15, -0.1) is 24.9 Å². The number of nitrogens with zero attached hydrogens (tertiary/aromatic N) is 1. The molecule has 0 spiro atoms. The lowest BCUT2D eigenvalue weighted by Crippen LogP contribution is -2.29. The van der Waals surface area contributed by atoms with Gasteiger partial charge in [0.2, 0.25) is 5.43 Å². The summed E-state index contributed by atoms with van der Waals surface area (Å²) < 4.78 is 71.7. The number of benzene rings is 2. The van der Waals surface area contributed by atoms with Gasteiger partial charge in [-0.25, -0.2) is 13.6 Å². The van der Waals surface area contributed by atoms with E-state index in [0.717, 1.165) is 46.9 Å². The summed E-state index contributed by atoms with van der Waals surface area (Å²) >= 11 is 1.02. The van der Waals surface area contributed by atoms with E-state index in [2.05, 4.69) is 10.2 Å². The fraction of sp³-hybridized carbons (Fsp3) is 0.143. The Bertz CT molecular complexity index is 1360. The zero-order chi connectivity index (χ0) is 24.8. The summed E-state index contributed by atoms with van der Waals surface area (Å²) in [5, 5.41) is 19.4. The van der Waals surface area contributed by atoms with Crippen LogP contribution in [0.3, 0.4) is 0 Å². The van der Waals surface area contributed by atoms with Crippen molar-refractivity contribution in [3.63, 3.8) is 0 Å². The molecule has 1 aliphatic rings. The lowest BCUT2D eigenvalue weighted by Gasteiger charge is -2.26. The van der Waals surface area contributed by atoms with Crippen molar-refractivity contribution in [1.82, 2.24) is 4.68 Å². The average molecular weight is 500 g/mol. The number of carbonyl (C=O) groups is 1. The van der Waals surface area contributed by atoms with Crippen molar-refractivity contribution < 1.29 is 41.7 Å². The second-order valence-electron chi connectivity index (χ2n) is 7.08. The first-order chi connectivity index (χ1) is 16.0. The number of aromatic nitrogens is 1. The van der Waals surface area contributed by atoms with E-state index >= 15 is 0 Å². The molecule has 0 radical (unpaired) electrons. The van der Waals surface area contributed by atoms with E-state index in [9.17, 15) is 41.8 Å². The number of aromatic hydroxyl groups is 1. The molecule has 3 aromatic rings. The maximum absolute atomic E-state index is 14.7. The summed E-state index contributed by atoms with van der Waals surface area (Å²) in [7, 11) is 0. The number of hydrogen-bond acceptors (Lipinski definition) is 6. The molecule has 0 fully saturated rings. The lowest BCUT2D eigenvalue weighted by molar-refractivity contribution is -0.274. The van der Waals surface area contributed by atoms with Crippen molar-refractivity contribution in [3.05, 3.63) is 86.8 Å². The molecule has 1 aromatic heterocycles. The molecule has 4 rings (SSSR count). The Morgan fingerprint density at radius 3 is 2.56 bits per heavy atom. The molecule has 3 N–H and O–H groups in total. The summed E-state index contributed by atoms with van der Waals surface area (Å²) in [5.41, 5.74) is 0.971. The zero-order valence-corrected chi connectivity index (χ0v) is 17.5. The molecule has 1 aliphatic heterocycles. The van der Waals surface area contributed by atoms with Crippen LogP contribution in [0.2, 0.25) is 0 Å². The van der Waals surface area contributed by atoms with E-state index in [1.165, 1.54) is 12.1 Å². The van der Waals surface area contributed by atoms with Gasteiger partial charge in [-0.05, 0) is 35.4 Å². The van der Waals surface area contributed by atoms with Gasteiger partial charge in [0, 0.05) is 28.5 Å². The number of carboxylic acids is 1. The number of pyridine rings is 1. The Labute approximate surface area is 191 Å². The predicted molar refractivity (Wildman–Crippen MR) is 110 cm³/mol. The van der Waals surface area contributed by atoms with Crippen LogP contribution in [-0.2, 0) is 5.75 Å². The van der Waals surface area contributed by atoms with Gasteiger partial charge < -0.3 is 20.4 Å². The summed E-state index contributed by atoms with van der Waals surface area (Å²) in [6.45, 7) is 0. The van der Waals surface area contributed by atoms with E-state index in [1.54, 1.807) is 0 Å². The summed E-state index contributed by atoms with van der Waals surface area (Å²) in [6, 6.07) is 5.06. The second-order valence-corrected chi connectivity index (χ2v) is 8.10. The maximum Gasteiger partial charge on any atom is 0.573 e. The third-order valence-corrected chi connectivity index (χ3v) is 6.10. The summed E-state index contributed by atoms with van der Waals surface area (Å²) in [6.07, 6.45) is -4.01. The third kappa shape index (κ3) is 4.38. The smallest absolute Gasteiger partial charge is 0.502 e. The molecule has 0 amide bonds. The van der Waals surface area contributed by atoms with Crippen molar-refractivity contribution in [2.24, 2.45) is 0 Å². The Hall–Kier alpha value is -3.74. The van der Waals surface area contributed by atoms with Crippen molar-refractivity contribution in [1.29, 1.82) is 0 Å². The zero-order valence-electron chi connectivity index (χ0n) is 16.7. The van der Waals surface area contributed by atoms with E-state index < -0.39 is 52.6 Å². The van der Waals surface area contributed by atoms with E-state index in [4.69, 9.17) is 0 Å². The summed E-state index contributed by atoms with van der Waals surface area (Å²) in [5.74, 6) is -5.76. The maximum atomic E-state index is 14.7. The van der Waals surface area contributed by atoms with Crippen molar-refractivity contribution in [2.75, 3.05) is 5.43 Å². The van der Waals surface area contributed by atoms with Crippen LogP contribution in [0.4, 0.5) is 22.0 Å². The van der Waals surface area contributed by atoms with E-state index in [-0.39, 0.29) is 22.4 Å². The molecule has 0 saturated heterocycles. The first-order valence-corrected chi connectivity index (χ1v) is 10.4. The molecule has 0 aliphatic carbocycles. The Morgan fingerprint density at radius 1 is 1.15 bits per heavy atom. The highest BCUT2D eigenvalue weighted by Crippen LogP contribution is 2.43. The number of hydrogen-bond donors (Lipinski definition) is 3. The van der Waals surface area contributed by atoms with Crippen LogP contribution in [-0.4, -0.2) is 27.2 Å². The first-order valence-electron chi connectivity index (χ1n) is 9.40. The van der Waals surface area contributed by atoms with Gasteiger partial charge in [-0.2, -0.15) is 0 Å². The number of alkyl halides is 3. The standard InChI is InChI=1S/C21H13F5N2O5S/c22-13-3-2-10-12(16(13)23)8-34-15-4-1-9(33-21(24,25)26)7-11(15)17(10)27-28-6-5-14(29)19(30)18(28)20(31)32/h1-7,17,27,30H,8H2,(H,31,32). The molecule has 1 atom stereocenters. The predicted octanol–water partition coefficient (Wildman–Crippen LogP) is 4.37. The quantitative estimate of drug-likeness (QED) is 0.458.